The lowest BCUT2D eigenvalue weighted by atomic mass is 9.96. The standard InChI is InChI=1S/C27H48O17/c1-7(2)37-23-17(33)13(29)9(4)41-27(23)43-21-15(31)11(6)39-25(19(21)35)42-20-14(30)10(5)40-26(18(20)34)44-22-16(32)12(28)8(3)38-24(22)36/h7-36H,1-6H3/t8?,9?,10?,11?,12-,13?,14-,15-,16+,17+,18?,19?,20+,21+,22?,23?,24+,25-,26-,27-/m1/s1. The maximum atomic E-state index is 11.2. The van der Waals surface area contributed by atoms with E-state index in [0.29, 0.717) is 0 Å². The van der Waals surface area contributed by atoms with Crippen molar-refractivity contribution in [2.24, 2.45) is 0 Å². The number of rotatable bonds is 8. The second-order valence-electron chi connectivity index (χ2n) is 12.2. The molecule has 4 heterocycles. The zero-order chi connectivity index (χ0) is 32.8. The second kappa shape index (κ2) is 14.6. The van der Waals surface area contributed by atoms with Gasteiger partial charge in [-0.15, -0.1) is 0 Å². The first-order valence-electron chi connectivity index (χ1n) is 14.9. The summed E-state index contributed by atoms with van der Waals surface area (Å²) in [5.74, 6) is 0. The summed E-state index contributed by atoms with van der Waals surface area (Å²) in [6, 6.07) is 0. The van der Waals surface area contributed by atoms with Gasteiger partial charge in [0.05, 0.1) is 30.5 Å². The van der Waals surface area contributed by atoms with E-state index in [9.17, 15) is 46.0 Å². The van der Waals surface area contributed by atoms with Crippen LogP contribution in [0.5, 0.6) is 0 Å². The van der Waals surface area contributed by atoms with Crippen molar-refractivity contribution in [2.45, 2.75) is 170 Å². The minimum Gasteiger partial charge on any atom is -0.388 e. The SMILES string of the molecule is CC(C)OC1[C@@H](O[C@@H]2C(O)[C@@H](O[C@@H]3C(O)[C@@H](OC4[C@@H](O)[C@H](O)C(C)O[C@@H]4O)OC(C)[C@H]3O)OC(C)[C@H]2O)OC(C)C(O)[C@@H]1O. The van der Waals surface area contributed by atoms with Gasteiger partial charge in [-0.25, -0.2) is 0 Å². The van der Waals surface area contributed by atoms with Gasteiger partial charge in [0.15, 0.2) is 25.2 Å². The summed E-state index contributed by atoms with van der Waals surface area (Å²) in [6.07, 6.45) is -28.4. The molecule has 0 aromatic heterocycles. The third kappa shape index (κ3) is 7.39. The van der Waals surface area contributed by atoms with Crippen LogP contribution in [0, 0.1) is 0 Å². The molecule has 17 heteroatoms. The molecule has 20 atom stereocenters. The number of hydrogen-bond donors (Lipinski definition) is 9. The molecule has 0 amide bonds. The molecule has 0 aliphatic carbocycles. The Balaban J connectivity index is 1.49. The van der Waals surface area contributed by atoms with Gasteiger partial charge in [-0.05, 0) is 41.5 Å². The highest BCUT2D eigenvalue weighted by molar-refractivity contribution is 4.96. The van der Waals surface area contributed by atoms with Crippen LogP contribution < -0.4 is 0 Å². The molecule has 4 fully saturated rings. The zero-order valence-corrected chi connectivity index (χ0v) is 25.4. The van der Waals surface area contributed by atoms with Crippen LogP contribution in [0.15, 0.2) is 0 Å². The van der Waals surface area contributed by atoms with Gasteiger partial charge >= 0.3 is 0 Å². The van der Waals surface area contributed by atoms with Crippen LogP contribution in [0.1, 0.15) is 41.5 Å². The molecule has 0 radical (unpaired) electrons. The maximum Gasteiger partial charge on any atom is 0.187 e. The number of aliphatic hydroxyl groups is 9. The molecule has 4 aliphatic heterocycles. The van der Waals surface area contributed by atoms with Crippen molar-refractivity contribution in [3.8, 4) is 0 Å². The van der Waals surface area contributed by atoms with Crippen molar-refractivity contribution in [1.82, 2.24) is 0 Å². The van der Waals surface area contributed by atoms with Crippen molar-refractivity contribution in [3.63, 3.8) is 0 Å². The van der Waals surface area contributed by atoms with Crippen molar-refractivity contribution in [3.05, 3.63) is 0 Å². The summed E-state index contributed by atoms with van der Waals surface area (Å²) < 4.78 is 45.2. The van der Waals surface area contributed by atoms with E-state index in [1.807, 2.05) is 0 Å². The molecule has 9 N–H and O–H groups in total. The summed E-state index contributed by atoms with van der Waals surface area (Å²) in [7, 11) is 0. The van der Waals surface area contributed by atoms with Crippen molar-refractivity contribution >= 4 is 0 Å². The molecule has 0 bridgehead atoms. The molecular formula is C27H48O17. The third-order valence-electron chi connectivity index (χ3n) is 8.45. The van der Waals surface area contributed by atoms with E-state index < -0.39 is 129 Å². The Kier molecular flexibility index (Phi) is 12.0. The van der Waals surface area contributed by atoms with Crippen LogP contribution >= 0.6 is 0 Å². The van der Waals surface area contributed by atoms with Crippen LogP contribution in [-0.4, -0.2) is 175 Å². The highest BCUT2D eigenvalue weighted by Gasteiger charge is 2.54. The van der Waals surface area contributed by atoms with Crippen molar-refractivity contribution < 1.29 is 83.9 Å². The molecule has 0 aromatic carbocycles. The van der Waals surface area contributed by atoms with E-state index in [2.05, 4.69) is 0 Å². The smallest absolute Gasteiger partial charge is 0.187 e. The predicted octanol–water partition coefficient (Wildman–Crippen LogP) is -4.21. The Morgan fingerprint density at radius 2 is 0.773 bits per heavy atom. The van der Waals surface area contributed by atoms with Crippen LogP contribution in [0.2, 0.25) is 0 Å². The van der Waals surface area contributed by atoms with Crippen molar-refractivity contribution in [1.29, 1.82) is 0 Å². The van der Waals surface area contributed by atoms with Gasteiger partial charge in [-0.2, -0.15) is 0 Å². The van der Waals surface area contributed by atoms with E-state index in [4.69, 9.17) is 37.9 Å². The lowest BCUT2D eigenvalue weighted by Crippen LogP contribution is -2.66. The maximum absolute atomic E-state index is 11.2. The molecule has 0 spiro atoms. The minimum atomic E-state index is -1.78. The Bertz CT molecular complexity index is 914. The molecule has 9 unspecified atom stereocenters. The normalized spacial score (nSPS) is 54.0. The van der Waals surface area contributed by atoms with Gasteiger partial charge in [0.25, 0.3) is 0 Å². The quantitative estimate of drug-likeness (QED) is 0.121. The average molecular weight is 645 g/mol. The minimum absolute atomic E-state index is 0.410. The summed E-state index contributed by atoms with van der Waals surface area (Å²) in [4.78, 5) is 0. The first-order chi connectivity index (χ1) is 20.5. The highest BCUT2D eigenvalue weighted by Crippen LogP contribution is 2.34. The summed E-state index contributed by atoms with van der Waals surface area (Å²) >= 11 is 0. The lowest BCUT2D eigenvalue weighted by Gasteiger charge is -2.49. The molecule has 4 aliphatic rings. The highest BCUT2D eigenvalue weighted by atomic mass is 16.8. The third-order valence-corrected chi connectivity index (χ3v) is 8.45. The molecule has 4 rings (SSSR count). The monoisotopic (exact) mass is 644 g/mol. The van der Waals surface area contributed by atoms with Crippen LogP contribution in [0.4, 0.5) is 0 Å². The molecule has 17 nitrogen and oxygen atoms in total. The topological polar surface area (TPSA) is 256 Å². The van der Waals surface area contributed by atoms with Gasteiger partial charge in [0.2, 0.25) is 0 Å². The van der Waals surface area contributed by atoms with Gasteiger partial charge in [0.1, 0.15) is 73.2 Å². The molecule has 258 valence electrons. The number of ether oxygens (including phenoxy) is 8. The average Bonchev–Trinajstić information content (AvgIpc) is 2.96. The van der Waals surface area contributed by atoms with Crippen LogP contribution in [-0.2, 0) is 37.9 Å². The second-order valence-corrected chi connectivity index (χ2v) is 12.2. The molecular weight excluding hydrogens is 596 g/mol. The van der Waals surface area contributed by atoms with Gasteiger partial charge in [-0.3, -0.25) is 0 Å². The van der Waals surface area contributed by atoms with Gasteiger partial charge < -0.3 is 83.9 Å². The Labute approximate surface area is 254 Å². The molecule has 4 saturated heterocycles. The summed E-state index contributed by atoms with van der Waals surface area (Å²) in [6.45, 7) is 9.26. The first kappa shape index (κ1) is 36.2. The van der Waals surface area contributed by atoms with Crippen LogP contribution in [0.25, 0.3) is 0 Å². The van der Waals surface area contributed by atoms with E-state index in [0.717, 1.165) is 0 Å². The number of aliphatic hydroxyl groups excluding tert-OH is 9. The fourth-order valence-corrected chi connectivity index (χ4v) is 5.74. The Morgan fingerprint density at radius 3 is 1.25 bits per heavy atom. The largest absolute Gasteiger partial charge is 0.388 e. The van der Waals surface area contributed by atoms with Gasteiger partial charge in [-0.1, -0.05) is 0 Å². The van der Waals surface area contributed by atoms with E-state index in [-0.39, 0.29) is 0 Å². The van der Waals surface area contributed by atoms with E-state index in [1.165, 1.54) is 27.7 Å². The first-order valence-corrected chi connectivity index (χ1v) is 14.9. The van der Waals surface area contributed by atoms with Gasteiger partial charge in [0, 0.05) is 0 Å². The number of hydrogen-bond acceptors (Lipinski definition) is 17. The fraction of sp³-hybridized carbons (Fsp3) is 1.00. The van der Waals surface area contributed by atoms with Crippen molar-refractivity contribution in [2.75, 3.05) is 0 Å². The fourth-order valence-electron chi connectivity index (χ4n) is 5.74. The van der Waals surface area contributed by atoms with Crippen LogP contribution in [0.3, 0.4) is 0 Å². The molecule has 0 saturated carbocycles. The lowest BCUT2D eigenvalue weighted by molar-refractivity contribution is -0.388. The summed E-state index contributed by atoms with van der Waals surface area (Å²) in [5.41, 5.74) is 0. The van der Waals surface area contributed by atoms with E-state index >= 15 is 0 Å². The van der Waals surface area contributed by atoms with E-state index in [1.54, 1.807) is 13.8 Å². The Morgan fingerprint density at radius 1 is 0.409 bits per heavy atom. The predicted molar refractivity (Wildman–Crippen MR) is 142 cm³/mol. The molecule has 44 heavy (non-hydrogen) atoms. The Hall–Kier alpha value is -0.680. The molecule has 0 aromatic rings. The zero-order valence-electron chi connectivity index (χ0n) is 25.4. The summed E-state index contributed by atoms with van der Waals surface area (Å²) in [5, 5.41) is 95.9.